The molecule has 0 aromatic heterocycles. The van der Waals surface area contributed by atoms with Crippen molar-refractivity contribution in [2.75, 3.05) is 31.8 Å². The fourth-order valence-corrected chi connectivity index (χ4v) is 2.37. The van der Waals surface area contributed by atoms with E-state index in [4.69, 9.17) is 4.74 Å². The maximum atomic E-state index is 5.42. The van der Waals surface area contributed by atoms with Crippen LogP contribution in [0.2, 0.25) is 0 Å². The Morgan fingerprint density at radius 2 is 2.46 bits per heavy atom. The molecule has 3 heteroatoms. The number of hydrogen-bond donors (Lipinski definition) is 1. The van der Waals surface area contributed by atoms with Gasteiger partial charge in [0.05, 0.1) is 6.61 Å². The van der Waals surface area contributed by atoms with Gasteiger partial charge >= 0.3 is 0 Å². The molecule has 13 heavy (non-hydrogen) atoms. The van der Waals surface area contributed by atoms with E-state index in [0.29, 0.717) is 6.04 Å². The van der Waals surface area contributed by atoms with Gasteiger partial charge in [-0.2, -0.15) is 11.8 Å². The Labute approximate surface area is 85.8 Å². The minimum atomic E-state index is 0.681. The standard InChI is InChI=1S/C10H21NOS/c1-3-11-10(5-7-13-2)9-4-6-12-8-9/h9-11H,3-8H2,1-2H3. The molecule has 1 N–H and O–H groups in total. The van der Waals surface area contributed by atoms with Gasteiger partial charge in [0.1, 0.15) is 0 Å². The molecule has 0 radical (unpaired) electrons. The summed E-state index contributed by atoms with van der Waals surface area (Å²) < 4.78 is 5.42. The van der Waals surface area contributed by atoms with Crippen molar-refractivity contribution in [1.29, 1.82) is 0 Å². The third-order valence-corrected chi connectivity index (χ3v) is 3.28. The zero-order valence-electron chi connectivity index (χ0n) is 8.71. The lowest BCUT2D eigenvalue weighted by molar-refractivity contribution is 0.176. The summed E-state index contributed by atoms with van der Waals surface area (Å²) in [6, 6.07) is 0.681. The highest BCUT2D eigenvalue weighted by Gasteiger charge is 2.24. The second kappa shape index (κ2) is 6.68. The Balaban J connectivity index is 2.26. The van der Waals surface area contributed by atoms with Crippen LogP contribution in [0.3, 0.4) is 0 Å². The van der Waals surface area contributed by atoms with Crippen LogP contribution in [0, 0.1) is 5.92 Å². The Bertz CT molecular complexity index is 126. The van der Waals surface area contributed by atoms with Gasteiger partial charge in [-0.25, -0.2) is 0 Å². The number of thioether (sulfide) groups is 1. The first-order valence-electron chi connectivity index (χ1n) is 5.18. The van der Waals surface area contributed by atoms with Crippen molar-refractivity contribution in [2.24, 2.45) is 5.92 Å². The minimum absolute atomic E-state index is 0.681. The van der Waals surface area contributed by atoms with E-state index in [2.05, 4.69) is 18.5 Å². The van der Waals surface area contributed by atoms with E-state index in [-0.39, 0.29) is 0 Å². The second-order valence-corrected chi connectivity index (χ2v) is 4.55. The number of ether oxygens (including phenoxy) is 1. The highest BCUT2D eigenvalue weighted by molar-refractivity contribution is 7.98. The largest absolute Gasteiger partial charge is 0.381 e. The molecule has 1 fully saturated rings. The summed E-state index contributed by atoms with van der Waals surface area (Å²) in [5.41, 5.74) is 0. The highest BCUT2D eigenvalue weighted by Crippen LogP contribution is 2.19. The van der Waals surface area contributed by atoms with E-state index < -0.39 is 0 Å². The first-order chi connectivity index (χ1) is 6.38. The third kappa shape index (κ3) is 3.88. The van der Waals surface area contributed by atoms with Gasteiger partial charge in [0.15, 0.2) is 0 Å². The summed E-state index contributed by atoms with van der Waals surface area (Å²) >= 11 is 1.93. The Morgan fingerprint density at radius 3 is 3.00 bits per heavy atom. The monoisotopic (exact) mass is 203 g/mol. The van der Waals surface area contributed by atoms with E-state index in [0.717, 1.165) is 25.7 Å². The second-order valence-electron chi connectivity index (χ2n) is 3.57. The molecule has 0 amide bonds. The number of rotatable bonds is 6. The summed E-state index contributed by atoms with van der Waals surface area (Å²) in [4.78, 5) is 0. The van der Waals surface area contributed by atoms with Gasteiger partial charge in [-0.15, -0.1) is 0 Å². The molecule has 2 nitrogen and oxygen atoms in total. The van der Waals surface area contributed by atoms with Crippen LogP contribution < -0.4 is 5.32 Å². The molecule has 78 valence electrons. The Morgan fingerprint density at radius 1 is 1.62 bits per heavy atom. The average molecular weight is 203 g/mol. The molecule has 0 aliphatic carbocycles. The first-order valence-corrected chi connectivity index (χ1v) is 6.58. The highest BCUT2D eigenvalue weighted by atomic mass is 32.2. The molecule has 1 saturated heterocycles. The van der Waals surface area contributed by atoms with E-state index in [1.165, 1.54) is 18.6 Å². The molecule has 1 heterocycles. The van der Waals surface area contributed by atoms with Gasteiger partial charge in [-0.05, 0) is 37.3 Å². The molecule has 0 aromatic rings. The molecule has 2 unspecified atom stereocenters. The van der Waals surface area contributed by atoms with E-state index >= 15 is 0 Å². The maximum absolute atomic E-state index is 5.42. The smallest absolute Gasteiger partial charge is 0.0510 e. The Kier molecular flexibility index (Phi) is 5.83. The fourth-order valence-electron chi connectivity index (χ4n) is 1.88. The topological polar surface area (TPSA) is 21.3 Å². The molecule has 0 aromatic carbocycles. The lowest BCUT2D eigenvalue weighted by atomic mass is 9.97. The van der Waals surface area contributed by atoms with Crippen LogP contribution in [-0.4, -0.2) is 37.8 Å². The van der Waals surface area contributed by atoms with Gasteiger partial charge in [-0.1, -0.05) is 6.92 Å². The Hall–Kier alpha value is 0.270. The summed E-state index contributed by atoms with van der Waals surface area (Å²) in [6.07, 6.45) is 4.70. The van der Waals surface area contributed by atoms with Crippen LogP contribution in [0.15, 0.2) is 0 Å². The molecule has 1 aliphatic heterocycles. The van der Waals surface area contributed by atoms with Gasteiger partial charge in [0.2, 0.25) is 0 Å². The first kappa shape index (κ1) is 11.3. The predicted molar refractivity (Wildman–Crippen MR) is 59.4 cm³/mol. The normalized spacial score (nSPS) is 24.9. The maximum Gasteiger partial charge on any atom is 0.0510 e. The number of hydrogen-bond acceptors (Lipinski definition) is 3. The van der Waals surface area contributed by atoms with Crippen molar-refractivity contribution in [2.45, 2.75) is 25.8 Å². The lowest BCUT2D eigenvalue weighted by Gasteiger charge is -2.22. The molecular formula is C10H21NOS. The van der Waals surface area contributed by atoms with Crippen molar-refractivity contribution >= 4 is 11.8 Å². The zero-order valence-corrected chi connectivity index (χ0v) is 9.53. The molecule has 1 aliphatic rings. The van der Waals surface area contributed by atoms with Gasteiger partial charge in [0.25, 0.3) is 0 Å². The molecule has 0 spiro atoms. The van der Waals surface area contributed by atoms with Crippen LogP contribution in [0.4, 0.5) is 0 Å². The quantitative estimate of drug-likeness (QED) is 0.710. The van der Waals surface area contributed by atoms with Crippen molar-refractivity contribution < 1.29 is 4.74 Å². The van der Waals surface area contributed by atoms with Crippen molar-refractivity contribution in [1.82, 2.24) is 5.32 Å². The van der Waals surface area contributed by atoms with Crippen LogP contribution in [0.25, 0.3) is 0 Å². The molecule has 0 saturated carbocycles. The molecular weight excluding hydrogens is 182 g/mol. The van der Waals surface area contributed by atoms with Crippen LogP contribution >= 0.6 is 11.8 Å². The van der Waals surface area contributed by atoms with Gasteiger partial charge < -0.3 is 10.1 Å². The average Bonchev–Trinajstić information content (AvgIpc) is 2.65. The van der Waals surface area contributed by atoms with Crippen molar-refractivity contribution in [3.63, 3.8) is 0 Å². The van der Waals surface area contributed by atoms with E-state index in [1.807, 2.05) is 11.8 Å². The summed E-state index contributed by atoms with van der Waals surface area (Å²) in [7, 11) is 0. The summed E-state index contributed by atoms with van der Waals surface area (Å²) in [5.74, 6) is 2.01. The van der Waals surface area contributed by atoms with Gasteiger partial charge in [0, 0.05) is 12.6 Å². The summed E-state index contributed by atoms with van der Waals surface area (Å²) in [6.45, 7) is 5.19. The third-order valence-electron chi connectivity index (χ3n) is 2.63. The summed E-state index contributed by atoms with van der Waals surface area (Å²) in [5, 5.41) is 3.57. The SMILES string of the molecule is CCNC(CCSC)C1CCOC1. The van der Waals surface area contributed by atoms with E-state index in [1.54, 1.807) is 0 Å². The predicted octanol–water partition coefficient (Wildman–Crippen LogP) is 1.75. The fraction of sp³-hybridized carbons (Fsp3) is 1.00. The molecule has 2 atom stereocenters. The molecule has 1 rings (SSSR count). The number of nitrogens with one attached hydrogen (secondary N) is 1. The van der Waals surface area contributed by atoms with Crippen molar-refractivity contribution in [3.05, 3.63) is 0 Å². The zero-order chi connectivity index (χ0) is 9.52. The van der Waals surface area contributed by atoms with Crippen molar-refractivity contribution in [3.8, 4) is 0 Å². The van der Waals surface area contributed by atoms with E-state index in [9.17, 15) is 0 Å². The van der Waals surface area contributed by atoms with Crippen LogP contribution in [0.1, 0.15) is 19.8 Å². The van der Waals surface area contributed by atoms with Gasteiger partial charge in [-0.3, -0.25) is 0 Å². The van der Waals surface area contributed by atoms with Crippen LogP contribution in [-0.2, 0) is 4.74 Å². The lowest BCUT2D eigenvalue weighted by Crippen LogP contribution is -2.36. The molecule has 0 bridgehead atoms. The minimum Gasteiger partial charge on any atom is -0.381 e. The van der Waals surface area contributed by atoms with Crippen LogP contribution in [0.5, 0.6) is 0 Å².